The summed E-state index contributed by atoms with van der Waals surface area (Å²) in [6, 6.07) is 4.40. The molecule has 2 rings (SSSR count). The molecule has 100 valence electrons. The van der Waals surface area contributed by atoms with Gasteiger partial charge in [0.25, 0.3) is 0 Å². The van der Waals surface area contributed by atoms with Crippen LogP contribution in [0.4, 0.5) is 4.79 Å². The number of urea groups is 1. The van der Waals surface area contributed by atoms with Gasteiger partial charge in [0.2, 0.25) is 0 Å². The molecule has 4 heteroatoms. The van der Waals surface area contributed by atoms with E-state index in [4.69, 9.17) is 0 Å². The van der Waals surface area contributed by atoms with Crippen LogP contribution in [0.3, 0.4) is 0 Å². The van der Waals surface area contributed by atoms with Crippen LogP contribution in [-0.2, 0) is 0 Å². The summed E-state index contributed by atoms with van der Waals surface area (Å²) in [5.74, 6) is 0.758. The van der Waals surface area contributed by atoms with Gasteiger partial charge in [-0.05, 0) is 36.6 Å². The van der Waals surface area contributed by atoms with Gasteiger partial charge >= 0.3 is 6.03 Å². The molecule has 1 fully saturated rings. The van der Waals surface area contributed by atoms with Gasteiger partial charge in [-0.3, -0.25) is 0 Å². The maximum absolute atomic E-state index is 12.2. The highest BCUT2D eigenvalue weighted by atomic mass is 32.1. The number of hydrogen-bond donors (Lipinski definition) is 1. The molecule has 0 radical (unpaired) electrons. The minimum atomic E-state index is 0.0992. The third-order valence-electron chi connectivity index (χ3n) is 3.66. The summed E-state index contributed by atoms with van der Waals surface area (Å²) in [5, 5.41) is 5.21. The molecular weight excluding hydrogens is 244 g/mol. The summed E-state index contributed by atoms with van der Waals surface area (Å²) in [4.78, 5) is 15.4. The van der Waals surface area contributed by atoms with Gasteiger partial charge in [-0.1, -0.05) is 19.9 Å². The van der Waals surface area contributed by atoms with E-state index < -0.39 is 0 Å². The number of likely N-dealkylation sites (tertiary alicyclic amines) is 1. The summed E-state index contributed by atoms with van der Waals surface area (Å²) in [6.07, 6.45) is 3.20. The van der Waals surface area contributed by atoms with Crippen LogP contribution >= 0.6 is 11.3 Å². The predicted octanol–water partition coefficient (Wildman–Crippen LogP) is 3.64. The lowest BCUT2D eigenvalue weighted by Crippen LogP contribution is -2.45. The Morgan fingerprint density at radius 1 is 1.56 bits per heavy atom. The van der Waals surface area contributed by atoms with E-state index in [9.17, 15) is 4.79 Å². The van der Waals surface area contributed by atoms with E-state index in [1.165, 1.54) is 4.88 Å². The smallest absolute Gasteiger partial charge is 0.317 e. The van der Waals surface area contributed by atoms with Gasteiger partial charge in [-0.15, -0.1) is 11.3 Å². The molecule has 0 aliphatic carbocycles. The SMILES string of the molecule is CCC(NC(=O)N1CCC(C)CC1)c1cccs1. The van der Waals surface area contributed by atoms with E-state index in [0.29, 0.717) is 0 Å². The molecule has 0 spiro atoms. The highest BCUT2D eigenvalue weighted by molar-refractivity contribution is 7.10. The van der Waals surface area contributed by atoms with Gasteiger partial charge in [0.1, 0.15) is 0 Å². The lowest BCUT2D eigenvalue weighted by atomic mass is 10.00. The summed E-state index contributed by atoms with van der Waals surface area (Å²) in [6.45, 7) is 6.17. The second-order valence-electron chi connectivity index (χ2n) is 5.10. The Hall–Kier alpha value is -1.03. The zero-order valence-corrected chi connectivity index (χ0v) is 12.0. The monoisotopic (exact) mass is 266 g/mol. The highest BCUT2D eigenvalue weighted by Gasteiger charge is 2.22. The lowest BCUT2D eigenvalue weighted by Gasteiger charge is -2.31. The summed E-state index contributed by atoms with van der Waals surface area (Å²) >= 11 is 1.71. The van der Waals surface area contributed by atoms with Crippen molar-refractivity contribution in [2.75, 3.05) is 13.1 Å². The molecular formula is C14H22N2OS. The number of thiophene rings is 1. The van der Waals surface area contributed by atoms with E-state index >= 15 is 0 Å². The first-order valence-corrected chi connectivity index (χ1v) is 7.67. The molecule has 1 atom stereocenters. The summed E-state index contributed by atoms with van der Waals surface area (Å²) in [7, 11) is 0. The fraction of sp³-hybridized carbons (Fsp3) is 0.643. The predicted molar refractivity (Wildman–Crippen MR) is 75.9 cm³/mol. The summed E-state index contributed by atoms with van der Waals surface area (Å²) < 4.78 is 0. The molecule has 1 unspecified atom stereocenters. The largest absolute Gasteiger partial charge is 0.330 e. The number of amides is 2. The van der Waals surface area contributed by atoms with Gasteiger partial charge in [0, 0.05) is 18.0 Å². The van der Waals surface area contributed by atoms with Crippen LogP contribution in [0.25, 0.3) is 0 Å². The number of nitrogens with one attached hydrogen (secondary N) is 1. The number of carbonyl (C=O) groups is 1. The van der Waals surface area contributed by atoms with Crippen LogP contribution in [0.15, 0.2) is 17.5 Å². The first kappa shape index (κ1) is 13.4. The highest BCUT2D eigenvalue weighted by Crippen LogP contribution is 2.22. The van der Waals surface area contributed by atoms with E-state index in [-0.39, 0.29) is 12.1 Å². The average molecular weight is 266 g/mol. The molecule has 1 aliphatic rings. The third-order valence-corrected chi connectivity index (χ3v) is 4.65. The Morgan fingerprint density at radius 3 is 2.83 bits per heavy atom. The third kappa shape index (κ3) is 3.25. The molecule has 1 aromatic heterocycles. The van der Waals surface area contributed by atoms with E-state index in [1.54, 1.807) is 11.3 Å². The van der Waals surface area contributed by atoms with Gasteiger partial charge < -0.3 is 10.2 Å². The van der Waals surface area contributed by atoms with Crippen molar-refractivity contribution in [3.63, 3.8) is 0 Å². The number of hydrogen-bond acceptors (Lipinski definition) is 2. The fourth-order valence-corrected chi connectivity index (χ4v) is 3.18. The molecule has 3 nitrogen and oxygen atoms in total. The lowest BCUT2D eigenvalue weighted by molar-refractivity contribution is 0.170. The van der Waals surface area contributed by atoms with Gasteiger partial charge in [-0.2, -0.15) is 0 Å². The van der Waals surface area contributed by atoms with Crippen molar-refractivity contribution in [2.24, 2.45) is 5.92 Å². The van der Waals surface area contributed by atoms with E-state index in [0.717, 1.165) is 38.3 Å². The van der Waals surface area contributed by atoms with Crippen molar-refractivity contribution in [3.8, 4) is 0 Å². The molecule has 1 saturated heterocycles. The molecule has 2 amide bonds. The molecule has 1 aromatic rings. The first-order chi connectivity index (χ1) is 8.70. The second kappa shape index (κ2) is 6.23. The van der Waals surface area contributed by atoms with Crippen LogP contribution < -0.4 is 5.32 Å². The Morgan fingerprint density at radius 2 is 2.28 bits per heavy atom. The molecule has 0 bridgehead atoms. The van der Waals surface area contributed by atoms with Crippen molar-refractivity contribution in [1.29, 1.82) is 0 Å². The molecule has 1 aliphatic heterocycles. The minimum absolute atomic E-state index is 0.0992. The number of piperidine rings is 1. The standard InChI is InChI=1S/C14H22N2OS/c1-3-12(13-5-4-10-18-13)15-14(17)16-8-6-11(2)7-9-16/h4-5,10-12H,3,6-9H2,1-2H3,(H,15,17). The normalized spacial score (nSPS) is 18.7. The van der Waals surface area contributed by atoms with Crippen LogP contribution in [0.5, 0.6) is 0 Å². The second-order valence-corrected chi connectivity index (χ2v) is 6.07. The van der Waals surface area contributed by atoms with Crippen molar-refractivity contribution in [3.05, 3.63) is 22.4 Å². The molecule has 18 heavy (non-hydrogen) atoms. The maximum Gasteiger partial charge on any atom is 0.317 e. The Bertz CT molecular complexity index is 369. The number of nitrogens with zero attached hydrogens (tertiary/aromatic N) is 1. The van der Waals surface area contributed by atoms with Crippen LogP contribution in [-0.4, -0.2) is 24.0 Å². The summed E-state index contributed by atoms with van der Waals surface area (Å²) in [5.41, 5.74) is 0. The van der Waals surface area contributed by atoms with Crippen molar-refractivity contribution >= 4 is 17.4 Å². The number of carbonyl (C=O) groups excluding carboxylic acids is 1. The Kier molecular flexibility index (Phi) is 4.64. The molecule has 0 saturated carbocycles. The zero-order chi connectivity index (χ0) is 13.0. The van der Waals surface area contributed by atoms with Gasteiger partial charge in [0.05, 0.1) is 6.04 Å². The fourth-order valence-electron chi connectivity index (χ4n) is 2.32. The topological polar surface area (TPSA) is 32.3 Å². The van der Waals surface area contributed by atoms with Crippen molar-refractivity contribution in [2.45, 2.75) is 39.2 Å². The van der Waals surface area contributed by atoms with Crippen LogP contribution in [0, 0.1) is 5.92 Å². The first-order valence-electron chi connectivity index (χ1n) is 6.79. The van der Waals surface area contributed by atoms with E-state index in [1.807, 2.05) is 11.0 Å². The Labute approximate surface area is 113 Å². The minimum Gasteiger partial charge on any atom is -0.330 e. The molecule has 0 aromatic carbocycles. The zero-order valence-electron chi connectivity index (χ0n) is 11.2. The van der Waals surface area contributed by atoms with Crippen molar-refractivity contribution in [1.82, 2.24) is 10.2 Å². The maximum atomic E-state index is 12.2. The van der Waals surface area contributed by atoms with Gasteiger partial charge in [-0.25, -0.2) is 4.79 Å². The Balaban J connectivity index is 1.90. The molecule has 2 heterocycles. The van der Waals surface area contributed by atoms with Crippen LogP contribution in [0.1, 0.15) is 44.0 Å². The number of rotatable bonds is 3. The molecule has 1 N–H and O–H groups in total. The van der Waals surface area contributed by atoms with Crippen LogP contribution in [0.2, 0.25) is 0 Å². The average Bonchev–Trinajstić information content (AvgIpc) is 2.90. The van der Waals surface area contributed by atoms with Gasteiger partial charge in [0.15, 0.2) is 0 Å². The van der Waals surface area contributed by atoms with E-state index in [2.05, 4.69) is 30.6 Å². The van der Waals surface area contributed by atoms with Crippen molar-refractivity contribution < 1.29 is 4.79 Å². The quantitative estimate of drug-likeness (QED) is 0.890.